The zero-order valence-corrected chi connectivity index (χ0v) is 18.2. The molecule has 3 aromatic rings. The molecular weight excluding hydrogens is 400 g/mol. The minimum Gasteiger partial charge on any atom is -0.497 e. The molecule has 1 aromatic heterocycles. The highest BCUT2D eigenvalue weighted by atomic mass is 32.1. The molecule has 0 saturated carbocycles. The van der Waals surface area contributed by atoms with Gasteiger partial charge in [-0.2, -0.15) is 0 Å². The van der Waals surface area contributed by atoms with Gasteiger partial charge in [0.25, 0.3) is 0 Å². The van der Waals surface area contributed by atoms with Crippen LogP contribution >= 0.6 is 11.3 Å². The van der Waals surface area contributed by atoms with E-state index in [4.69, 9.17) is 14.2 Å². The third-order valence-corrected chi connectivity index (χ3v) is 6.01. The topological polar surface area (TPSA) is 65.0 Å². The van der Waals surface area contributed by atoms with Gasteiger partial charge in [-0.1, -0.05) is 12.1 Å². The molecule has 3 rings (SSSR count). The molecule has 158 valence electrons. The average molecular weight is 427 g/mol. The lowest BCUT2D eigenvalue weighted by Gasteiger charge is -2.13. The minimum atomic E-state index is -0.946. The van der Waals surface area contributed by atoms with E-state index in [1.54, 1.807) is 25.4 Å². The summed E-state index contributed by atoms with van der Waals surface area (Å²) < 4.78 is 16.4. The van der Waals surface area contributed by atoms with Crippen molar-refractivity contribution in [2.24, 2.45) is 0 Å². The highest BCUT2D eigenvalue weighted by Crippen LogP contribution is 2.33. The maximum Gasteiger partial charge on any atom is 0.333 e. The Labute approximate surface area is 180 Å². The maximum atomic E-state index is 11.2. The molecule has 1 unspecified atom stereocenters. The van der Waals surface area contributed by atoms with Crippen molar-refractivity contribution in [2.75, 3.05) is 13.7 Å². The molecule has 0 amide bonds. The Balaban J connectivity index is 1.61. The summed E-state index contributed by atoms with van der Waals surface area (Å²) in [7, 11) is 1.66. The molecule has 0 radical (unpaired) electrons. The molecule has 2 aromatic carbocycles. The van der Waals surface area contributed by atoms with Gasteiger partial charge in [-0.05, 0) is 73.0 Å². The minimum absolute atomic E-state index is 0.332. The summed E-state index contributed by atoms with van der Waals surface area (Å²) in [6.45, 7) is 4.74. The Hall–Kier alpha value is -2.83. The molecular formula is C24H26O5S. The second kappa shape index (κ2) is 10.3. The van der Waals surface area contributed by atoms with Gasteiger partial charge in [-0.3, -0.25) is 0 Å². The predicted octanol–water partition coefficient (Wildman–Crippen LogP) is 5.34. The normalized spacial score (nSPS) is 11.8. The van der Waals surface area contributed by atoms with E-state index in [2.05, 4.69) is 25.1 Å². The van der Waals surface area contributed by atoms with Gasteiger partial charge in [-0.25, -0.2) is 4.79 Å². The van der Waals surface area contributed by atoms with Crippen molar-refractivity contribution < 1.29 is 24.1 Å². The van der Waals surface area contributed by atoms with Crippen molar-refractivity contribution in [3.05, 3.63) is 70.6 Å². The first-order chi connectivity index (χ1) is 14.5. The molecule has 0 aliphatic heterocycles. The number of hydrogen-bond acceptors (Lipinski definition) is 5. The smallest absolute Gasteiger partial charge is 0.333 e. The molecule has 0 aliphatic carbocycles. The Bertz CT molecular complexity index is 960. The van der Waals surface area contributed by atoms with Crippen LogP contribution in [0.4, 0.5) is 0 Å². The number of carboxylic acid groups (broad SMARTS) is 1. The Kier molecular flexibility index (Phi) is 7.49. The first-order valence-corrected chi connectivity index (χ1v) is 10.6. The number of rotatable bonds is 10. The summed E-state index contributed by atoms with van der Waals surface area (Å²) in [4.78, 5) is 13.6. The van der Waals surface area contributed by atoms with Crippen molar-refractivity contribution in [3.63, 3.8) is 0 Å². The lowest BCUT2D eigenvalue weighted by Crippen LogP contribution is -2.26. The molecule has 6 heteroatoms. The van der Waals surface area contributed by atoms with Crippen LogP contribution in [0, 0.1) is 6.92 Å². The Morgan fingerprint density at radius 3 is 2.33 bits per heavy atom. The summed E-state index contributed by atoms with van der Waals surface area (Å²) in [5, 5.41) is 9.21. The number of methoxy groups -OCH3 is 1. The molecule has 0 bridgehead atoms. The summed E-state index contributed by atoms with van der Waals surface area (Å²) in [6, 6.07) is 17.7. The number of hydrogen-bond donors (Lipinski definition) is 1. The van der Waals surface area contributed by atoms with E-state index >= 15 is 0 Å². The van der Waals surface area contributed by atoms with E-state index < -0.39 is 12.1 Å². The molecule has 5 nitrogen and oxygen atoms in total. The van der Waals surface area contributed by atoms with E-state index in [9.17, 15) is 9.90 Å². The van der Waals surface area contributed by atoms with Crippen LogP contribution < -0.4 is 9.47 Å². The Morgan fingerprint density at radius 2 is 1.73 bits per heavy atom. The van der Waals surface area contributed by atoms with Crippen LogP contribution in [0.15, 0.2) is 54.6 Å². The number of aryl methyl sites for hydroxylation is 1. The van der Waals surface area contributed by atoms with Crippen LogP contribution in [0.5, 0.6) is 11.5 Å². The van der Waals surface area contributed by atoms with Gasteiger partial charge >= 0.3 is 5.97 Å². The SMILES string of the molecule is CCOC(Cc1ccc(OCc2sc(-c3ccc(OC)cc3)cc2C)cc1)C(=O)O. The average Bonchev–Trinajstić information content (AvgIpc) is 3.13. The fourth-order valence-electron chi connectivity index (χ4n) is 3.06. The highest BCUT2D eigenvalue weighted by molar-refractivity contribution is 7.15. The lowest BCUT2D eigenvalue weighted by atomic mass is 10.1. The lowest BCUT2D eigenvalue weighted by molar-refractivity contribution is -0.149. The standard InChI is InChI=1S/C24H26O5S/c1-4-28-21(24(25)26)14-17-5-9-20(10-6-17)29-15-23-16(2)13-22(30-23)18-7-11-19(27-3)12-8-18/h5-13,21H,4,14-15H2,1-3H3,(H,25,26). The molecule has 1 heterocycles. The molecule has 0 fully saturated rings. The van der Waals surface area contributed by atoms with E-state index in [1.807, 2.05) is 36.4 Å². The number of thiophene rings is 1. The number of benzene rings is 2. The third kappa shape index (κ3) is 5.62. The van der Waals surface area contributed by atoms with Gasteiger partial charge in [0.15, 0.2) is 6.10 Å². The second-order valence-electron chi connectivity index (χ2n) is 6.86. The molecule has 0 saturated heterocycles. The summed E-state index contributed by atoms with van der Waals surface area (Å²) in [5.41, 5.74) is 3.25. The van der Waals surface area contributed by atoms with Gasteiger partial charge in [0, 0.05) is 22.8 Å². The first-order valence-electron chi connectivity index (χ1n) is 9.80. The zero-order chi connectivity index (χ0) is 21.5. The van der Waals surface area contributed by atoms with Gasteiger partial charge in [0.05, 0.1) is 7.11 Å². The summed E-state index contributed by atoms with van der Waals surface area (Å²) in [6.07, 6.45) is -0.495. The fraction of sp³-hybridized carbons (Fsp3) is 0.292. The summed E-state index contributed by atoms with van der Waals surface area (Å²) in [5.74, 6) is 0.647. The van der Waals surface area contributed by atoms with Crippen LogP contribution in [0.2, 0.25) is 0 Å². The Morgan fingerprint density at radius 1 is 1.07 bits per heavy atom. The van der Waals surface area contributed by atoms with Crippen LogP contribution in [-0.4, -0.2) is 30.9 Å². The molecule has 1 atom stereocenters. The van der Waals surface area contributed by atoms with Gasteiger partial charge in [0.1, 0.15) is 18.1 Å². The fourth-order valence-corrected chi connectivity index (χ4v) is 4.16. The number of carboxylic acids is 1. The van der Waals surface area contributed by atoms with Crippen LogP contribution in [0.1, 0.15) is 22.9 Å². The van der Waals surface area contributed by atoms with E-state index in [1.165, 1.54) is 15.3 Å². The first kappa shape index (κ1) is 21.9. The third-order valence-electron chi connectivity index (χ3n) is 4.75. The van der Waals surface area contributed by atoms with Crippen molar-refractivity contribution in [1.29, 1.82) is 0 Å². The van der Waals surface area contributed by atoms with E-state index in [-0.39, 0.29) is 0 Å². The highest BCUT2D eigenvalue weighted by Gasteiger charge is 2.18. The number of aliphatic carboxylic acids is 1. The van der Waals surface area contributed by atoms with Gasteiger partial charge in [-0.15, -0.1) is 11.3 Å². The predicted molar refractivity (Wildman–Crippen MR) is 119 cm³/mol. The quantitative estimate of drug-likeness (QED) is 0.474. The molecule has 0 spiro atoms. The van der Waals surface area contributed by atoms with E-state index in [0.717, 1.165) is 22.6 Å². The maximum absolute atomic E-state index is 11.2. The van der Waals surface area contributed by atoms with Crippen molar-refractivity contribution in [2.45, 2.75) is 33.0 Å². The summed E-state index contributed by atoms with van der Waals surface area (Å²) >= 11 is 1.72. The largest absolute Gasteiger partial charge is 0.497 e. The van der Waals surface area contributed by atoms with Crippen LogP contribution in [-0.2, 0) is 22.6 Å². The molecule has 1 N–H and O–H groups in total. The van der Waals surface area contributed by atoms with E-state index in [0.29, 0.717) is 19.6 Å². The monoisotopic (exact) mass is 426 g/mol. The van der Waals surface area contributed by atoms with Gasteiger partial charge < -0.3 is 19.3 Å². The molecule has 30 heavy (non-hydrogen) atoms. The number of ether oxygens (including phenoxy) is 3. The van der Waals surface area contributed by atoms with Crippen molar-refractivity contribution >= 4 is 17.3 Å². The van der Waals surface area contributed by atoms with Crippen LogP contribution in [0.25, 0.3) is 10.4 Å². The number of carbonyl (C=O) groups is 1. The molecule has 0 aliphatic rings. The van der Waals surface area contributed by atoms with Crippen molar-refractivity contribution in [3.8, 4) is 21.9 Å². The van der Waals surface area contributed by atoms with Crippen molar-refractivity contribution in [1.82, 2.24) is 0 Å². The second-order valence-corrected chi connectivity index (χ2v) is 8.00. The van der Waals surface area contributed by atoms with Gasteiger partial charge in [0.2, 0.25) is 0 Å². The van der Waals surface area contributed by atoms with Crippen LogP contribution in [0.3, 0.4) is 0 Å². The zero-order valence-electron chi connectivity index (χ0n) is 17.4.